The fourth-order valence-electron chi connectivity index (χ4n) is 4.04. The van der Waals surface area contributed by atoms with Crippen LogP contribution in [0, 0.1) is 13.8 Å². The van der Waals surface area contributed by atoms with Crippen LogP contribution in [0.5, 0.6) is 5.75 Å². The summed E-state index contributed by atoms with van der Waals surface area (Å²) in [6.45, 7) is 3.94. The highest BCUT2D eigenvalue weighted by Crippen LogP contribution is 2.28. The van der Waals surface area contributed by atoms with Gasteiger partial charge in [-0.1, -0.05) is 48.2 Å². The molecule has 3 aromatic carbocycles. The number of thioether (sulfide) groups is 1. The number of aromatic amines is 1. The molecule has 0 aliphatic rings. The van der Waals surface area contributed by atoms with Crippen LogP contribution in [0.3, 0.4) is 0 Å². The Hall–Kier alpha value is -4.04. The number of ether oxygens (including phenoxy) is 1. The van der Waals surface area contributed by atoms with E-state index in [1.807, 2.05) is 68.4 Å². The molecule has 0 spiro atoms. The number of carbonyl (C=O) groups is 1. The molecule has 0 bridgehead atoms. The smallest absolute Gasteiger partial charge is 0.283 e. The lowest BCUT2D eigenvalue weighted by molar-refractivity contribution is -0.113. The summed E-state index contributed by atoms with van der Waals surface area (Å²) in [5.41, 5.74) is 5.05. The van der Waals surface area contributed by atoms with Gasteiger partial charge < -0.3 is 15.0 Å². The normalized spacial score (nSPS) is 11.2. The number of H-pyrrole nitrogens is 1. The Balaban J connectivity index is 1.57. The predicted octanol–water partition coefficient (Wildman–Crippen LogP) is 5.22. The topological polar surface area (TPSA) is 89.0 Å². The van der Waals surface area contributed by atoms with E-state index in [0.717, 1.165) is 27.7 Å². The number of para-hydroxylation sites is 1. The fourth-order valence-corrected chi connectivity index (χ4v) is 4.84. The molecule has 0 aliphatic carbocycles. The monoisotopic (exact) mass is 484 g/mol. The van der Waals surface area contributed by atoms with Crippen molar-refractivity contribution in [2.75, 3.05) is 18.2 Å². The summed E-state index contributed by atoms with van der Waals surface area (Å²) in [7, 11) is 1.58. The minimum Gasteiger partial charge on any atom is -0.497 e. The van der Waals surface area contributed by atoms with E-state index < -0.39 is 0 Å². The maximum Gasteiger partial charge on any atom is 0.283 e. The Morgan fingerprint density at radius 2 is 1.91 bits per heavy atom. The Morgan fingerprint density at radius 1 is 1.09 bits per heavy atom. The summed E-state index contributed by atoms with van der Waals surface area (Å²) in [6.07, 6.45) is 0. The van der Waals surface area contributed by atoms with E-state index in [2.05, 4.69) is 10.3 Å². The number of methoxy groups -OCH3 is 1. The van der Waals surface area contributed by atoms with Gasteiger partial charge in [0.1, 0.15) is 16.8 Å². The zero-order chi connectivity index (χ0) is 24.5. The van der Waals surface area contributed by atoms with Crippen molar-refractivity contribution in [1.82, 2.24) is 14.5 Å². The van der Waals surface area contributed by atoms with E-state index in [-0.39, 0.29) is 17.2 Å². The largest absolute Gasteiger partial charge is 0.497 e. The number of amides is 1. The summed E-state index contributed by atoms with van der Waals surface area (Å²) in [5, 5.41) is 4.21. The fraction of sp³-hybridized carbons (Fsp3) is 0.148. The number of carbonyl (C=O) groups excluding carboxylic acids is 1. The first-order chi connectivity index (χ1) is 16.9. The Bertz CT molecular complexity index is 1640. The van der Waals surface area contributed by atoms with Crippen LogP contribution in [0.25, 0.3) is 27.6 Å². The van der Waals surface area contributed by atoms with Crippen LogP contribution in [0.1, 0.15) is 11.1 Å². The molecule has 0 saturated heterocycles. The SMILES string of the molecule is COc1cccc(NC(=O)CSc2nc3c([nH]c4ccccc43)c(=O)n2-c2cc(C)ccc2C)c1. The molecule has 5 aromatic rings. The number of fused-ring (bicyclic) bond motifs is 3. The van der Waals surface area contributed by atoms with Crippen LogP contribution in [0.4, 0.5) is 5.69 Å². The minimum absolute atomic E-state index is 0.0857. The molecular formula is C27H24N4O3S. The highest BCUT2D eigenvalue weighted by Gasteiger charge is 2.19. The number of hydrogen-bond donors (Lipinski definition) is 2. The molecule has 0 atom stereocenters. The van der Waals surface area contributed by atoms with Gasteiger partial charge in [0.2, 0.25) is 5.91 Å². The van der Waals surface area contributed by atoms with Crippen LogP contribution >= 0.6 is 11.8 Å². The van der Waals surface area contributed by atoms with Crippen molar-refractivity contribution in [2.45, 2.75) is 19.0 Å². The summed E-state index contributed by atoms with van der Waals surface area (Å²) in [6, 6.07) is 20.8. The third kappa shape index (κ3) is 4.40. The van der Waals surface area contributed by atoms with E-state index >= 15 is 0 Å². The van der Waals surface area contributed by atoms with Gasteiger partial charge in [-0.25, -0.2) is 4.98 Å². The van der Waals surface area contributed by atoms with Crippen molar-refractivity contribution in [1.29, 1.82) is 0 Å². The highest BCUT2D eigenvalue weighted by molar-refractivity contribution is 7.99. The highest BCUT2D eigenvalue weighted by atomic mass is 32.2. The first-order valence-electron chi connectivity index (χ1n) is 11.1. The Kier molecular flexibility index (Phi) is 6.05. The third-order valence-corrected chi connectivity index (χ3v) is 6.72. The molecule has 8 heteroatoms. The van der Waals surface area contributed by atoms with Crippen molar-refractivity contribution in [2.24, 2.45) is 0 Å². The van der Waals surface area contributed by atoms with Crippen LogP contribution in [-0.4, -0.2) is 33.3 Å². The maximum atomic E-state index is 13.8. The standard InChI is InChI=1S/C27H24N4O3S/c1-16-11-12-17(2)22(13-16)31-26(33)25-24(20-9-4-5-10-21(20)29-25)30-27(31)35-15-23(32)28-18-7-6-8-19(14-18)34-3/h4-14,29H,15H2,1-3H3,(H,28,32). The lowest BCUT2D eigenvalue weighted by atomic mass is 10.1. The molecule has 0 fully saturated rings. The number of benzene rings is 3. The van der Waals surface area contributed by atoms with Gasteiger partial charge in [0, 0.05) is 22.7 Å². The molecule has 35 heavy (non-hydrogen) atoms. The summed E-state index contributed by atoms with van der Waals surface area (Å²) in [4.78, 5) is 34.6. The lowest BCUT2D eigenvalue weighted by Crippen LogP contribution is -2.23. The van der Waals surface area contributed by atoms with Gasteiger partial charge in [0.25, 0.3) is 5.56 Å². The number of aryl methyl sites for hydroxylation is 2. The summed E-state index contributed by atoms with van der Waals surface area (Å²) in [5.74, 6) is 0.539. The summed E-state index contributed by atoms with van der Waals surface area (Å²) < 4.78 is 6.83. The number of anilines is 1. The van der Waals surface area contributed by atoms with Gasteiger partial charge in [-0.3, -0.25) is 14.2 Å². The number of aromatic nitrogens is 3. The molecule has 0 unspecified atom stereocenters. The number of nitrogens with one attached hydrogen (secondary N) is 2. The van der Waals surface area contributed by atoms with Gasteiger partial charge in [0.05, 0.1) is 18.6 Å². The van der Waals surface area contributed by atoms with Crippen molar-refractivity contribution in [3.05, 3.63) is 88.2 Å². The molecular weight excluding hydrogens is 460 g/mol. The zero-order valence-electron chi connectivity index (χ0n) is 19.6. The molecule has 0 saturated carbocycles. The molecule has 1 amide bonds. The van der Waals surface area contributed by atoms with Gasteiger partial charge >= 0.3 is 0 Å². The first kappa shape index (κ1) is 22.7. The van der Waals surface area contributed by atoms with Crippen molar-refractivity contribution in [3.63, 3.8) is 0 Å². The predicted molar refractivity (Wildman–Crippen MR) is 141 cm³/mol. The Morgan fingerprint density at radius 3 is 2.74 bits per heavy atom. The van der Waals surface area contributed by atoms with E-state index in [9.17, 15) is 9.59 Å². The van der Waals surface area contributed by atoms with Gasteiger partial charge in [0.15, 0.2) is 5.16 Å². The third-order valence-electron chi connectivity index (χ3n) is 5.79. The molecule has 0 aliphatic heterocycles. The number of rotatable bonds is 6. The molecule has 176 valence electrons. The van der Waals surface area contributed by atoms with Crippen molar-refractivity contribution in [3.8, 4) is 11.4 Å². The second-order valence-corrected chi connectivity index (χ2v) is 9.23. The van der Waals surface area contributed by atoms with Gasteiger partial charge in [-0.2, -0.15) is 0 Å². The average Bonchev–Trinajstić information content (AvgIpc) is 3.24. The second-order valence-electron chi connectivity index (χ2n) is 8.29. The average molecular weight is 485 g/mol. The van der Waals surface area contributed by atoms with E-state index in [4.69, 9.17) is 9.72 Å². The Labute approximate surface area is 206 Å². The van der Waals surface area contributed by atoms with E-state index in [0.29, 0.717) is 27.6 Å². The second kappa shape index (κ2) is 9.31. The number of nitrogens with zero attached hydrogens (tertiary/aromatic N) is 2. The molecule has 2 aromatic heterocycles. The maximum absolute atomic E-state index is 13.8. The van der Waals surface area contributed by atoms with E-state index in [1.165, 1.54) is 11.8 Å². The van der Waals surface area contributed by atoms with Crippen LogP contribution in [-0.2, 0) is 4.79 Å². The van der Waals surface area contributed by atoms with Crippen LogP contribution < -0.4 is 15.6 Å². The molecule has 2 heterocycles. The van der Waals surface area contributed by atoms with Gasteiger partial charge in [-0.05, 0) is 49.2 Å². The molecule has 0 radical (unpaired) electrons. The molecule has 2 N–H and O–H groups in total. The zero-order valence-corrected chi connectivity index (χ0v) is 20.4. The first-order valence-corrected chi connectivity index (χ1v) is 12.1. The lowest BCUT2D eigenvalue weighted by Gasteiger charge is -2.15. The summed E-state index contributed by atoms with van der Waals surface area (Å²) >= 11 is 1.23. The van der Waals surface area contributed by atoms with Crippen LogP contribution in [0.15, 0.2) is 76.7 Å². The quantitative estimate of drug-likeness (QED) is 0.255. The number of hydrogen-bond acceptors (Lipinski definition) is 5. The van der Waals surface area contributed by atoms with Gasteiger partial charge in [-0.15, -0.1) is 0 Å². The van der Waals surface area contributed by atoms with Crippen molar-refractivity contribution >= 4 is 45.3 Å². The van der Waals surface area contributed by atoms with E-state index in [1.54, 1.807) is 23.8 Å². The van der Waals surface area contributed by atoms with Crippen molar-refractivity contribution < 1.29 is 9.53 Å². The minimum atomic E-state index is -0.205. The molecule has 5 rings (SSSR count). The van der Waals surface area contributed by atoms with Crippen LogP contribution in [0.2, 0.25) is 0 Å². The molecule has 7 nitrogen and oxygen atoms in total.